The van der Waals surface area contributed by atoms with E-state index in [-0.39, 0.29) is 24.4 Å². The van der Waals surface area contributed by atoms with Gasteiger partial charge in [0.25, 0.3) is 0 Å². The highest BCUT2D eigenvalue weighted by Crippen LogP contribution is 2.50. The molecule has 4 nitrogen and oxygen atoms in total. The van der Waals surface area contributed by atoms with E-state index < -0.39 is 16.9 Å². The maximum atomic E-state index is 12.0. The summed E-state index contributed by atoms with van der Waals surface area (Å²) in [6.45, 7) is 5.69. The van der Waals surface area contributed by atoms with Gasteiger partial charge in [0, 0.05) is 5.41 Å². The van der Waals surface area contributed by atoms with Crippen LogP contribution in [0.5, 0.6) is 0 Å². The zero-order valence-corrected chi connectivity index (χ0v) is 13.3. The lowest BCUT2D eigenvalue weighted by Crippen LogP contribution is -2.49. The van der Waals surface area contributed by atoms with Crippen LogP contribution in [0.25, 0.3) is 0 Å². The van der Waals surface area contributed by atoms with E-state index in [1.54, 1.807) is 0 Å². The number of hydrogen-bond donors (Lipinski definition) is 2. The van der Waals surface area contributed by atoms with E-state index in [0.717, 1.165) is 12.0 Å². The number of methoxy groups -OCH3 is 1. The third-order valence-electron chi connectivity index (χ3n) is 5.37. The van der Waals surface area contributed by atoms with Crippen LogP contribution in [-0.2, 0) is 9.53 Å². The van der Waals surface area contributed by atoms with Crippen molar-refractivity contribution in [1.29, 1.82) is 0 Å². The Morgan fingerprint density at radius 1 is 1.52 bits per heavy atom. The Morgan fingerprint density at radius 3 is 2.76 bits per heavy atom. The first-order valence-electron chi connectivity index (χ1n) is 7.52. The average Bonchev–Trinajstić information content (AvgIpc) is 2.45. The molecule has 0 aliphatic heterocycles. The number of hydrogen-bond acceptors (Lipinski definition) is 4. The Morgan fingerprint density at radius 2 is 2.19 bits per heavy atom. The third-order valence-corrected chi connectivity index (χ3v) is 5.37. The van der Waals surface area contributed by atoms with Gasteiger partial charge in [0.05, 0.1) is 25.2 Å². The first kappa shape index (κ1) is 16.2. The summed E-state index contributed by atoms with van der Waals surface area (Å²) in [5, 5.41) is 20.3. The fraction of sp³-hybridized carbons (Fsp3) is 0.706. The topological polar surface area (TPSA) is 66.8 Å². The molecule has 0 saturated carbocycles. The monoisotopic (exact) mass is 294 g/mol. The fourth-order valence-electron chi connectivity index (χ4n) is 3.70. The largest absolute Gasteiger partial charge is 0.469 e. The second-order valence-electron chi connectivity index (χ2n) is 7.02. The number of carbonyl (C=O) groups is 1. The van der Waals surface area contributed by atoms with Gasteiger partial charge in [-0.25, -0.2) is 0 Å². The van der Waals surface area contributed by atoms with Crippen LogP contribution in [0, 0.1) is 22.7 Å². The minimum atomic E-state index is -0.614. The van der Waals surface area contributed by atoms with Crippen molar-refractivity contribution in [1.82, 2.24) is 0 Å². The molecule has 4 heteroatoms. The smallest absolute Gasteiger partial charge is 0.311 e. The lowest BCUT2D eigenvalue weighted by molar-refractivity contribution is -0.153. The molecule has 2 aliphatic rings. The van der Waals surface area contributed by atoms with Gasteiger partial charge in [0.15, 0.2) is 0 Å². The molecule has 0 spiro atoms. The molecule has 21 heavy (non-hydrogen) atoms. The summed E-state index contributed by atoms with van der Waals surface area (Å²) in [5.74, 6) is -0.153. The van der Waals surface area contributed by atoms with Crippen LogP contribution >= 0.6 is 0 Å². The van der Waals surface area contributed by atoms with Gasteiger partial charge >= 0.3 is 5.97 Å². The van der Waals surface area contributed by atoms with Crippen molar-refractivity contribution < 1.29 is 19.7 Å². The lowest BCUT2D eigenvalue weighted by Gasteiger charge is -2.48. The van der Waals surface area contributed by atoms with Gasteiger partial charge in [-0.1, -0.05) is 23.8 Å². The van der Waals surface area contributed by atoms with Crippen molar-refractivity contribution in [3.63, 3.8) is 0 Å². The molecule has 2 N–H and O–H groups in total. The second kappa shape index (κ2) is 5.58. The van der Waals surface area contributed by atoms with E-state index >= 15 is 0 Å². The predicted octanol–water partition coefficient (Wildman–Crippen LogP) is 2.07. The Bertz CT molecular complexity index is 477. The highest BCUT2D eigenvalue weighted by Gasteiger charge is 2.50. The summed E-state index contributed by atoms with van der Waals surface area (Å²) in [4.78, 5) is 12.0. The number of rotatable bonds is 3. The van der Waals surface area contributed by atoms with Gasteiger partial charge in [0.1, 0.15) is 0 Å². The van der Waals surface area contributed by atoms with Crippen LogP contribution in [0.1, 0.15) is 33.6 Å². The molecular weight excluding hydrogens is 268 g/mol. The number of ether oxygens (including phenoxy) is 1. The maximum Gasteiger partial charge on any atom is 0.311 e. The van der Waals surface area contributed by atoms with E-state index in [2.05, 4.69) is 6.08 Å². The molecule has 0 radical (unpaired) electrons. The van der Waals surface area contributed by atoms with Crippen molar-refractivity contribution in [2.45, 2.75) is 39.7 Å². The van der Waals surface area contributed by atoms with E-state index in [0.29, 0.717) is 6.42 Å². The van der Waals surface area contributed by atoms with Crippen LogP contribution < -0.4 is 0 Å². The normalized spacial score (nSPS) is 35.9. The third kappa shape index (κ3) is 2.55. The number of aliphatic hydroxyl groups excluding tert-OH is 2. The van der Waals surface area contributed by atoms with Crippen molar-refractivity contribution in [3.8, 4) is 0 Å². The molecular formula is C17H26O4. The molecule has 0 aromatic carbocycles. The van der Waals surface area contributed by atoms with Gasteiger partial charge < -0.3 is 14.9 Å². The van der Waals surface area contributed by atoms with Crippen LogP contribution in [0.4, 0.5) is 0 Å². The van der Waals surface area contributed by atoms with Crippen LogP contribution in [0.2, 0.25) is 0 Å². The van der Waals surface area contributed by atoms with Gasteiger partial charge in [-0.15, -0.1) is 0 Å². The number of aliphatic hydroxyl groups is 2. The van der Waals surface area contributed by atoms with Crippen molar-refractivity contribution in [2.75, 3.05) is 13.7 Å². The lowest BCUT2D eigenvalue weighted by atomic mass is 9.58. The van der Waals surface area contributed by atoms with Gasteiger partial charge in [-0.3, -0.25) is 4.79 Å². The minimum Gasteiger partial charge on any atom is -0.469 e. The van der Waals surface area contributed by atoms with Crippen molar-refractivity contribution in [3.05, 3.63) is 23.8 Å². The molecule has 2 aliphatic carbocycles. The standard InChI is InChI=1S/C17H26O4/c1-11-7-13-9-12(16(2,3)15(20)21-4)5-6-17(13,10-18)14(19)8-11/h5-7,12-14,18-19H,8-10H2,1-4H3/t12-,13+,14+,17+/m1/s1. The molecule has 118 valence electrons. The number of esters is 1. The highest BCUT2D eigenvalue weighted by molar-refractivity contribution is 5.76. The molecule has 0 fully saturated rings. The number of carbonyl (C=O) groups excluding carboxylic acids is 1. The summed E-state index contributed by atoms with van der Waals surface area (Å²) in [6.07, 6.45) is 6.79. The maximum absolute atomic E-state index is 12.0. The zero-order chi connectivity index (χ0) is 15.8. The molecule has 0 aromatic heterocycles. The van der Waals surface area contributed by atoms with Crippen molar-refractivity contribution in [2.24, 2.45) is 22.7 Å². The summed E-state index contributed by atoms with van der Waals surface area (Å²) in [5.41, 5.74) is -0.0827. The zero-order valence-electron chi connectivity index (χ0n) is 13.3. The molecule has 0 heterocycles. The Labute approximate surface area is 126 Å². The highest BCUT2D eigenvalue weighted by atomic mass is 16.5. The number of fused-ring (bicyclic) bond motifs is 1. The quantitative estimate of drug-likeness (QED) is 0.618. The summed E-state index contributed by atoms with van der Waals surface area (Å²) in [6, 6.07) is 0. The molecule has 0 amide bonds. The van der Waals surface area contributed by atoms with E-state index in [4.69, 9.17) is 4.74 Å². The fourth-order valence-corrected chi connectivity index (χ4v) is 3.70. The number of allylic oxidation sites excluding steroid dienone is 2. The minimum absolute atomic E-state index is 0.0315. The average molecular weight is 294 g/mol. The van der Waals surface area contributed by atoms with Gasteiger partial charge in [0.2, 0.25) is 0 Å². The molecule has 0 saturated heterocycles. The summed E-state index contributed by atoms with van der Waals surface area (Å²) in [7, 11) is 1.41. The van der Waals surface area contributed by atoms with Crippen LogP contribution in [-0.4, -0.2) is 36.0 Å². The van der Waals surface area contributed by atoms with Gasteiger partial charge in [-0.05, 0) is 45.4 Å². The molecule has 2 rings (SSSR count). The van der Waals surface area contributed by atoms with Crippen LogP contribution in [0.3, 0.4) is 0 Å². The van der Waals surface area contributed by atoms with Crippen molar-refractivity contribution >= 4 is 5.97 Å². The Kier molecular flexibility index (Phi) is 4.31. The summed E-state index contributed by atoms with van der Waals surface area (Å²) >= 11 is 0. The predicted molar refractivity (Wildman–Crippen MR) is 80.4 cm³/mol. The Hall–Kier alpha value is -1.13. The Balaban J connectivity index is 2.36. The molecule has 0 unspecified atom stereocenters. The first-order valence-corrected chi connectivity index (χ1v) is 7.52. The van der Waals surface area contributed by atoms with E-state index in [1.807, 2.05) is 32.9 Å². The SMILES string of the molecule is COC(=O)C(C)(C)[C@@H]1C=C[C@@]2(CO)[C@@H](O)CC(C)=C[C@H]2C1. The summed E-state index contributed by atoms with van der Waals surface area (Å²) < 4.78 is 4.91. The van der Waals surface area contributed by atoms with Crippen LogP contribution in [0.15, 0.2) is 23.8 Å². The van der Waals surface area contributed by atoms with E-state index in [1.165, 1.54) is 7.11 Å². The molecule has 0 aromatic rings. The first-order chi connectivity index (χ1) is 9.77. The molecule has 4 atom stereocenters. The van der Waals surface area contributed by atoms with E-state index in [9.17, 15) is 15.0 Å². The second-order valence-corrected chi connectivity index (χ2v) is 7.02. The van der Waals surface area contributed by atoms with Gasteiger partial charge in [-0.2, -0.15) is 0 Å². The molecule has 0 bridgehead atoms.